The van der Waals surface area contributed by atoms with E-state index in [1.807, 2.05) is 49.4 Å². The van der Waals surface area contributed by atoms with Crippen molar-refractivity contribution in [3.63, 3.8) is 0 Å². The van der Waals surface area contributed by atoms with Crippen LogP contribution in [-0.2, 0) is 4.79 Å². The Bertz CT molecular complexity index is 979. The summed E-state index contributed by atoms with van der Waals surface area (Å²) >= 11 is 5.89. The van der Waals surface area contributed by atoms with Crippen LogP contribution in [-0.4, -0.2) is 21.5 Å². The third kappa shape index (κ3) is 3.93. The monoisotopic (exact) mass is 381 g/mol. The number of rotatable bonds is 5. The summed E-state index contributed by atoms with van der Waals surface area (Å²) in [6.07, 6.45) is 0. The van der Waals surface area contributed by atoms with E-state index in [9.17, 15) is 9.59 Å². The highest BCUT2D eigenvalue weighted by Gasteiger charge is 2.26. The number of carbonyl (C=O) groups is 2. The molecule has 1 N–H and O–H groups in total. The fourth-order valence-electron chi connectivity index (χ4n) is 3.00. The van der Waals surface area contributed by atoms with E-state index >= 15 is 0 Å². The number of aryl methyl sites for hydroxylation is 1. The molecule has 0 fully saturated rings. The molecule has 0 aliphatic carbocycles. The number of ketones is 1. The van der Waals surface area contributed by atoms with Crippen LogP contribution in [0.1, 0.15) is 40.3 Å². The molecule has 3 aromatic rings. The van der Waals surface area contributed by atoms with Crippen LogP contribution in [0.15, 0.2) is 54.6 Å². The first-order valence-electron chi connectivity index (χ1n) is 8.60. The summed E-state index contributed by atoms with van der Waals surface area (Å²) in [5.41, 5.74) is 3.20. The topological polar surface area (TPSA) is 64.0 Å². The molecule has 0 unspecified atom stereocenters. The van der Waals surface area contributed by atoms with Crippen LogP contribution in [0, 0.1) is 13.8 Å². The third-order valence-electron chi connectivity index (χ3n) is 4.44. The maximum absolute atomic E-state index is 12.8. The normalized spacial score (nSPS) is 11.9. The molecular weight excluding hydrogens is 362 g/mol. The first-order valence-corrected chi connectivity index (χ1v) is 8.98. The summed E-state index contributed by atoms with van der Waals surface area (Å²) < 4.78 is 1.68. The lowest BCUT2D eigenvalue weighted by atomic mass is 10.1. The molecule has 1 amide bonds. The van der Waals surface area contributed by atoms with Crippen LogP contribution in [0.5, 0.6) is 0 Å². The van der Waals surface area contributed by atoms with Gasteiger partial charge in [-0.3, -0.25) is 9.59 Å². The number of para-hydroxylation sites is 1. The Kier molecular flexibility index (Phi) is 5.42. The van der Waals surface area contributed by atoms with Gasteiger partial charge in [-0.05, 0) is 50.6 Å². The van der Waals surface area contributed by atoms with Gasteiger partial charge in [0.2, 0.25) is 0 Å². The summed E-state index contributed by atoms with van der Waals surface area (Å²) in [6.45, 7) is 5.34. The number of benzene rings is 2. The van der Waals surface area contributed by atoms with Crippen LogP contribution in [0.4, 0.5) is 0 Å². The van der Waals surface area contributed by atoms with E-state index in [4.69, 9.17) is 11.6 Å². The molecular formula is C21H20ClN3O2. The van der Waals surface area contributed by atoms with E-state index in [1.165, 1.54) is 0 Å². The second-order valence-electron chi connectivity index (χ2n) is 6.37. The summed E-state index contributed by atoms with van der Waals surface area (Å²) in [5, 5.41) is 7.80. The van der Waals surface area contributed by atoms with Crippen molar-refractivity contribution in [1.82, 2.24) is 15.1 Å². The van der Waals surface area contributed by atoms with Gasteiger partial charge in [-0.15, -0.1) is 0 Å². The fourth-order valence-corrected chi connectivity index (χ4v) is 3.13. The molecule has 27 heavy (non-hydrogen) atoms. The van der Waals surface area contributed by atoms with Gasteiger partial charge in [-0.1, -0.05) is 41.9 Å². The number of hydrogen-bond acceptors (Lipinski definition) is 3. The number of nitrogens with zero attached hydrogens (tertiary/aromatic N) is 2. The summed E-state index contributed by atoms with van der Waals surface area (Å²) in [5.74, 6) is -1.25. The molecule has 6 heteroatoms. The zero-order valence-corrected chi connectivity index (χ0v) is 16.1. The van der Waals surface area contributed by atoms with Crippen molar-refractivity contribution in [2.75, 3.05) is 0 Å². The van der Waals surface area contributed by atoms with Crippen molar-refractivity contribution < 1.29 is 9.59 Å². The van der Waals surface area contributed by atoms with E-state index in [0.717, 1.165) is 11.3 Å². The standard InChI is InChI=1S/C21H20ClN3O2/c1-13(16-9-11-17(22)12-10-16)23-21(27)20(26)19-14(2)24-25(15(19)3)18-7-5-4-6-8-18/h4-13H,1-3H3,(H,23,27)/t13-/m1/s1. The Morgan fingerprint density at radius 1 is 1.04 bits per heavy atom. The largest absolute Gasteiger partial charge is 0.343 e. The molecule has 2 aromatic carbocycles. The van der Waals surface area contributed by atoms with Crippen LogP contribution < -0.4 is 5.32 Å². The molecule has 1 atom stereocenters. The van der Waals surface area contributed by atoms with Crippen molar-refractivity contribution in [3.05, 3.63) is 82.1 Å². The molecule has 0 saturated heterocycles. The van der Waals surface area contributed by atoms with Crippen molar-refractivity contribution in [3.8, 4) is 5.69 Å². The summed E-state index contributed by atoms with van der Waals surface area (Å²) in [6, 6.07) is 16.3. The highest BCUT2D eigenvalue weighted by Crippen LogP contribution is 2.20. The van der Waals surface area contributed by atoms with Crippen LogP contribution in [0.25, 0.3) is 5.69 Å². The van der Waals surface area contributed by atoms with Crippen molar-refractivity contribution in [2.24, 2.45) is 0 Å². The predicted octanol–water partition coefficient (Wildman–Crippen LogP) is 4.20. The molecule has 0 radical (unpaired) electrons. The summed E-state index contributed by atoms with van der Waals surface area (Å²) in [4.78, 5) is 25.3. The Balaban J connectivity index is 1.82. The molecule has 0 aliphatic rings. The average Bonchev–Trinajstić information content (AvgIpc) is 2.96. The second kappa shape index (κ2) is 7.76. The van der Waals surface area contributed by atoms with Gasteiger partial charge >= 0.3 is 0 Å². The van der Waals surface area contributed by atoms with E-state index in [0.29, 0.717) is 22.0 Å². The van der Waals surface area contributed by atoms with Crippen molar-refractivity contribution in [2.45, 2.75) is 26.8 Å². The number of amides is 1. The van der Waals surface area contributed by atoms with Gasteiger partial charge in [0.25, 0.3) is 11.7 Å². The van der Waals surface area contributed by atoms with Crippen molar-refractivity contribution in [1.29, 1.82) is 0 Å². The predicted molar refractivity (Wildman–Crippen MR) is 105 cm³/mol. The van der Waals surface area contributed by atoms with Crippen LogP contribution in [0.3, 0.4) is 0 Å². The molecule has 1 heterocycles. The fraction of sp³-hybridized carbons (Fsp3) is 0.190. The average molecular weight is 382 g/mol. The molecule has 138 valence electrons. The molecule has 1 aromatic heterocycles. The Labute approximate surface area is 163 Å². The maximum atomic E-state index is 12.8. The number of halogens is 1. The lowest BCUT2D eigenvalue weighted by molar-refractivity contribution is -0.117. The van der Waals surface area contributed by atoms with Gasteiger partial charge in [0.05, 0.1) is 28.7 Å². The molecule has 3 rings (SSSR count). The molecule has 0 saturated carbocycles. The van der Waals surface area contributed by atoms with Gasteiger partial charge in [0.1, 0.15) is 0 Å². The quantitative estimate of drug-likeness (QED) is 0.532. The second-order valence-corrected chi connectivity index (χ2v) is 6.81. The Hall–Kier alpha value is -2.92. The summed E-state index contributed by atoms with van der Waals surface area (Å²) in [7, 11) is 0. The highest BCUT2D eigenvalue weighted by atomic mass is 35.5. The van der Waals surface area contributed by atoms with E-state index in [2.05, 4.69) is 10.4 Å². The lowest BCUT2D eigenvalue weighted by Gasteiger charge is -2.14. The van der Waals surface area contributed by atoms with Crippen LogP contribution in [0.2, 0.25) is 5.02 Å². The molecule has 0 aliphatic heterocycles. The maximum Gasteiger partial charge on any atom is 0.293 e. The zero-order chi connectivity index (χ0) is 19.6. The van der Waals surface area contributed by atoms with Gasteiger partial charge in [-0.25, -0.2) is 4.68 Å². The number of hydrogen-bond donors (Lipinski definition) is 1. The van der Waals surface area contributed by atoms with E-state index < -0.39 is 11.7 Å². The minimum absolute atomic E-state index is 0.316. The van der Waals surface area contributed by atoms with Crippen molar-refractivity contribution >= 4 is 23.3 Å². The van der Waals surface area contributed by atoms with Gasteiger partial charge in [0.15, 0.2) is 0 Å². The molecule has 0 bridgehead atoms. The number of Topliss-reactive ketones (excluding diaryl/α,β-unsaturated/α-hetero) is 1. The first kappa shape index (κ1) is 18.9. The third-order valence-corrected chi connectivity index (χ3v) is 4.69. The zero-order valence-electron chi connectivity index (χ0n) is 15.4. The lowest BCUT2D eigenvalue weighted by Crippen LogP contribution is -2.33. The van der Waals surface area contributed by atoms with E-state index in [-0.39, 0.29) is 6.04 Å². The van der Waals surface area contributed by atoms with Gasteiger partial charge in [-0.2, -0.15) is 5.10 Å². The molecule has 5 nitrogen and oxygen atoms in total. The Morgan fingerprint density at radius 2 is 1.67 bits per heavy atom. The van der Waals surface area contributed by atoms with Crippen LogP contribution >= 0.6 is 11.6 Å². The number of aromatic nitrogens is 2. The number of carbonyl (C=O) groups excluding carboxylic acids is 2. The Morgan fingerprint density at radius 3 is 2.30 bits per heavy atom. The van der Waals surface area contributed by atoms with Gasteiger partial charge in [0, 0.05) is 5.02 Å². The number of nitrogens with one attached hydrogen (secondary N) is 1. The smallest absolute Gasteiger partial charge is 0.293 e. The first-order chi connectivity index (χ1) is 12.9. The van der Waals surface area contributed by atoms with E-state index in [1.54, 1.807) is 30.7 Å². The SMILES string of the molecule is Cc1nn(-c2ccccc2)c(C)c1C(=O)C(=O)N[C@H](C)c1ccc(Cl)cc1. The highest BCUT2D eigenvalue weighted by molar-refractivity contribution is 6.43. The van der Waals surface area contributed by atoms with Gasteiger partial charge < -0.3 is 5.32 Å². The minimum atomic E-state index is -0.656. The molecule has 0 spiro atoms. The minimum Gasteiger partial charge on any atom is -0.343 e.